The predicted octanol–water partition coefficient (Wildman–Crippen LogP) is 2.42. The highest BCUT2D eigenvalue weighted by Gasteiger charge is 2.15. The van der Waals surface area contributed by atoms with E-state index in [2.05, 4.69) is 19.2 Å². The smallest absolute Gasteiger partial charge is 0.339 e. The molecule has 1 aromatic rings. The minimum Gasteiger partial charge on any atom is -0.465 e. The SMILES string of the molecule is COC(=O)c1cc(C)ccc1NCC(CN)C(C)C. The number of anilines is 1. The van der Waals surface area contributed by atoms with Crippen molar-refractivity contribution in [2.75, 3.05) is 25.5 Å². The van der Waals surface area contributed by atoms with Crippen molar-refractivity contribution in [1.82, 2.24) is 0 Å². The summed E-state index contributed by atoms with van der Waals surface area (Å²) in [5.41, 5.74) is 8.16. The molecule has 0 aliphatic rings. The van der Waals surface area contributed by atoms with Crippen molar-refractivity contribution < 1.29 is 9.53 Å². The molecule has 0 bridgehead atoms. The maximum Gasteiger partial charge on any atom is 0.339 e. The lowest BCUT2D eigenvalue weighted by Gasteiger charge is -2.21. The number of carbonyl (C=O) groups is 1. The molecule has 0 spiro atoms. The number of benzene rings is 1. The maximum atomic E-state index is 11.7. The van der Waals surface area contributed by atoms with Gasteiger partial charge in [0.2, 0.25) is 0 Å². The number of carbonyl (C=O) groups excluding carboxylic acids is 1. The number of rotatable bonds is 6. The molecule has 0 saturated heterocycles. The highest BCUT2D eigenvalue weighted by atomic mass is 16.5. The fraction of sp³-hybridized carbons (Fsp3) is 0.533. The first kappa shape index (κ1) is 15.5. The monoisotopic (exact) mass is 264 g/mol. The summed E-state index contributed by atoms with van der Waals surface area (Å²) in [4.78, 5) is 11.7. The average Bonchev–Trinajstić information content (AvgIpc) is 2.39. The molecule has 1 unspecified atom stereocenters. The van der Waals surface area contributed by atoms with Gasteiger partial charge in [-0.25, -0.2) is 4.79 Å². The molecule has 0 radical (unpaired) electrons. The van der Waals surface area contributed by atoms with Gasteiger partial charge in [0.1, 0.15) is 0 Å². The van der Waals surface area contributed by atoms with Crippen molar-refractivity contribution in [3.05, 3.63) is 29.3 Å². The second kappa shape index (κ2) is 7.14. The van der Waals surface area contributed by atoms with Crippen LogP contribution in [-0.4, -0.2) is 26.2 Å². The third-order valence-corrected chi connectivity index (χ3v) is 3.38. The number of ether oxygens (including phenoxy) is 1. The molecule has 19 heavy (non-hydrogen) atoms. The molecule has 1 atom stereocenters. The van der Waals surface area contributed by atoms with Crippen LogP contribution in [0.5, 0.6) is 0 Å². The van der Waals surface area contributed by atoms with E-state index < -0.39 is 0 Å². The molecule has 0 aliphatic carbocycles. The average molecular weight is 264 g/mol. The number of nitrogens with one attached hydrogen (secondary N) is 1. The summed E-state index contributed by atoms with van der Waals surface area (Å²) < 4.78 is 4.81. The van der Waals surface area contributed by atoms with Crippen LogP contribution < -0.4 is 11.1 Å². The van der Waals surface area contributed by atoms with Gasteiger partial charge in [-0.15, -0.1) is 0 Å². The van der Waals surface area contributed by atoms with Crippen LogP contribution in [0.3, 0.4) is 0 Å². The fourth-order valence-corrected chi connectivity index (χ4v) is 1.92. The molecule has 1 aromatic carbocycles. The summed E-state index contributed by atoms with van der Waals surface area (Å²) >= 11 is 0. The van der Waals surface area contributed by atoms with Crippen LogP contribution in [0.1, 0.15) is 29.8 Å². The molecule has 0 saturated carbocycles. The van der Waals surface area contributed by atoms with E-state index in [1.807, 2.05) is 25.1 Å². The van der Waals surface area contributed by atoms with Crippen LogP contribution in [0.25, 0.3) is 0 Å². The van der Waals surface area contributed by atoms with E-state index in [0.717, 1.165) is 17.8 Å². The summed E-state index contributed by atoms with van der Waals surface area (Å²) in [7, 11) is 1.39. The van der Waals surface area contributed by atoms with E-state index in [1.165, 1.54) is 7.11 Å². The zero-order valence-corrected chi connectivity index (χ0v) is 12.2. The Bertz CT molecular complexity index is 430. The summed E-state index contributed by atoms with van der Waals surface area (Å²) in [6, 6.07) is 5.72. The molecule has 1 rings (SSSR count). The second-order valence-corrected chi connectivity index (χ2v) is 5.16. The number of esters is 1. The van der Waals surface area contributed by atoms with Crippen LogP contribution in [0, 0.1) is 18.8 Å². The molecular formula is C15H24N2O2. The first-order valence-corrected chi connectivity index (χ1v) is 6.62. The molecule has 0 aromatic heterocycles. The maximum absolute atomic E-state index is 11.7. The minimum absolute atomic E-state index is 0.319. The highest BCUT2D eigenvalue weighted by Crippen LogP contribution is 2.20. The van der Waals surface area contributed by atoms with Crippen molar-refractivity contribution >= 4 is 11.7 Å². The first-order valence-electron chi connectivity index (χ1n) is 6.62. The van der Waals surface area contributed by atoms with Crippen LogP contribution in [-0.2, 0) is 4.74 Å². The number of nitrogens with two attached hydrogens (primary N) is 1. The van der Waals surface area contributed by atoms with Crippen LogP contribution in [0.4, 0.5) is 5.69 Å². The van der Waals surface area contributed by atoms with Crippen LogP contribution in [0.2, 0.25) is 0 Å². The summed E-state index contributed by atoms with van der Waals surface area (Å²) in [5.74, 6) is 0.566. The molecular weight excluding hydrogens is 240 g/mol. The van der Waals surface area contributed by atoms with E-state index in [1.54, 1.807) is 0 Å². The Morgan fingerprint density at radius 1 is 1.42 bits per heavy atom. The van der Waals surface area contributed by atoms with Crippen molar-refractivity contribution in [3.63, 3.8) is 0 Å². The molecule has 0 aliphatic heterocycles. The molecule has 4 heteroatoms. The Kier molecular flexibility index (Phi) is 5.83. The van der Waals surface area contributed by atoms with Gasteiger partial charge in [0.25, 0.3) is 0 Å². The van der Waals surface area contributed by atoms with Crippen molar-refractivity contribution in [2.45, 2.75) is 20.8 Å². The van der Waals surface area contributed by atoms with E-state index in [-0.39, 0.29) is 5.97 Å². The second-order valence-electron chi connectivity index (χ2n) is 5.16. The Labute approximate surface area is 115 Å². The van der Waals surface area contributed by atoms with E-state index >= 15 is 0 Å². The van der Waals surface area contributed by atoms with Gasteiger partial charge in [0.05, 0.1) is 12.7 Å². The summed E-state index contributed by atoms with van der Waals surface area (Å²) in [6.07, 6.45) is 0. The third kappa shape index (κ3) is 4.24. The minimum atomic E-state index is -0.319. The zero-order chi connectivity index (χ0) is 14.4. The van der Waals surface area contributed by atoms with E-state index in [4.69, 9.17) is 10.5 Å². The number of hydrogen-bond acceptors (Lipinski definition) is 4. The molecule has 0 fully saturated rings. The Hall–Kier alpha value is -1.55. The Balaban J connectivity index is 2.85. The zero-order valence-electron chi connectivity index (χ0n) is 12.2. The number of hydrogen-bond donors (Lipinski definition) is 2. The molecule has 3 N–H and O–H groups in total. The van der Waals surface area contributed by atoms with Crippen LogP contribution in [0.15, 0.2) is 18.2 Å². The number of aryl methyl sites for hydroxylation is 1. The van der Waals surface area contributed by atoms with Gasteiger partial charge in [-0.1, -0.05) is 25.5 Å². The van der Waals surface area contributed by atoms with Gasteiger partial charge in [-0.05, 0) is 37.4 Å². The highest BCUT2D eigenvalue weighted by molar-refractivity contribution is 5.95. The normalized spacial score (nSPS) is 12.3. The van der Waals surface area contributed by atoms with Gasteiger partial charge in [-0.2, -0.15) is 0 Å². The third-order valence-electron chi connectivity index (χ3n) is 3.38. The molecule has 106 valence electrons. The van der Waals surface area contributed by atoms with Gasteiger partial charge in [0, 0.05) is 12.2 Å². The van der Waals surface area contributed by atoms with Crippen molar-refractivity contribution in [1.29, 1.82) is 0 Å². The Morgan fingerprint density at radius 2 is 2.11 bits per heavy atom. The molecule has 0 heterocycles. The molecule has 4 nitrogen and oxygen atoms in total. The fourth-order valence-electron chi connectivity index (χ4n) is 1.92. The van der Waals surface area contributed by atoms with Gasteiger partial charge in [-0.3, -0.25) is 0 Å². The first-order chi connectivity index (χ1) is 8.99. The van der Waals surface area contributed by atoms with Crippen molar-refractivity contribution in [2.24, 2.45) is 17.6 Å². The quantitative estimate of drug-likeness (QED) is 0.775. The Morgan fingerprint density at radius 3 is 2.63 bits per heavy atom. The lowest BCUT2D eigenvalue weighted by atomic mass is 9.96. The standard InChI is InChI=1S/C15H24N2O2/c1-10(2)12(8-16)9-17-14-6-5-11(3)7-13(14)15(18)19-4/h5-7,10,12,17H,8-9,16H2,1-4H3. The predicted molar refractivity (Wildman–Crippen MR) is 78.4 cm³/mol. The van der Waals surface area contributed by atoms with Crippen molar-refractivity contribution in [3.8, 4) is 0 Å². The number of methoxy groups -OCH3 is 1. The van der Waals surface area contributed by atoms with Gasteiger partial charge >= 0.3 is 5.97 Å². The topological polar surface area (TPSA) is 64.3 Å². The van der Waals surface area contributed by atoms with Gasteiger partial charge < -0.3 is 15.8 Å². The van der Waals surface area contributed by atoms with Gasteiger partial charge in [0.15, 0.2) is 0 Å². The summed E-state index contributed by atoms with van der Waals surface area (Å²) in [5, 5.41) is 3.31. The van der Waals surface area contributed by atoms with E-state index in [9.17, 15) is 4.79 Å². The lowest BCUT2D eigenvalue weighted by Crippen LogP contribution is -2.27. The molecule has 0 amide bonds. The largest absolute Gasteiger partial charge is 0.465 e. The van der Waals surface area contributed by atoms with Crippen LogP contribution >= 0.6 is 0 Å². The van der Waals surface area contributed by atoms with E-state index in [0.29, 0.717) is 23.9 Å². The lowest BCUT2D eigenvalue weighted by molar-refractivity contribution is 0.0601. The summed E-state index contributed by atoms with van der Waals surface area (Å²) in [6.45, 7) is 7.63.